The topological polar surface area (TPSA) is 55.6 Å². The Morgan fingerprint density at radius 1 is 1.14 bits per heavy atom. The van der Waals surface area contributed by atoms with Gasteiger partial charge < -0.3 is 15.4 Å². The molecular weight excluding hydrogens is 271 g/mol. The minimum Gasteiger partial charge on any atom is -0.484 e. The van der Waals surface area contributed by atoms with Crippen LogP contribution in [0.4, 0.5) is 15.8 Å². The molecule has 4 nitrogen and oxygen atoms in total. The first-order valence-electron chi connectivity index (χ1n) is 6.64. The van der Waals surface area contributed by atoms with Gasteiger partial charge in [0.05, 0.1) is 0 Å². The molecule has 2 aromatic rings. The number of anilines is 2. The predicted molar refractivity (Wildman–Crippen MR) is 80.8 cm³/mol. The van der Waals surface area contributed by atoms with Crippen molar-refractivity contribution in [1.29, 1.82) is 0 Å². The summed E-state index contributed by atoms with van der Waals surface area (Å²) in [6.07, 6.45) is 0. The Morgan fingerprint density at radius 3 is 2.33 bits per heavy atom. The summed E-state index contributed by atoms with van der Waals surface area (Å²) in [6, 6.07) is 12.6. The molecule has 0 aliphatic carbocycles. The van der Waals surface area contributed by atoms with Gasteiger partial charge in [0.1, 0.15) is 11.6 Å². The molecule has 2 aromatic carbocycles. The summed E-state index contributed by atoms with van der Waals surface area (Å²) in [4.78, 5) is 13.7. The van der Waals surface area contributed by atoms with Crippen molar-refractivity contribution in [2.75, 3.05) is 23.8 Å². The third kappa shape index (κ3) is 3.95. The number of likely N-dealkylation sites (N-methyl/N-ethyl adjacent to an activating group) is 1. The smallest absolute Gasteiger partial charge is 0.264 e. The van der Waals surface area contributed by atoms with Crippen LogP contribution in [0.5, 0.6) is 5.75 Å². The highest BCUT2D eigenvalue weighted by Gasteiger charge is 2.14. The van der Waals surface area contributed by atoms with Crippen molar-refractivity contribution in [2.45, 2.75) is 6.92 Å². The van der Waals surface area contributed by atoms with Crippen molar-refractivity contribution >= 4 is 17.3 Å². The zero-order valence-electron chi connectivity index (χ0n) is 11.8. The number of ether oxygens (including phenoxy) is 1. The van der Waals surface area contributed by atoms with Crippen LogP contribution in [0, 0.1) is 5.82 Å². The summed E-state index contributed by atoms with van der Waals surface area (Å²) in [5.74, 6) is 0.0500. The van der Waals surface area contributed by atoms with Crippen molar-refractivity contribution in [3.63, 3.8) is 0 Å². The van der Waals surface area contributed by atoms with E-state index in [0.717, 1.165) is 0 Å². The number of rotatable bonds is 5. The second-order valence-corrected chi connectivity index (χ2v) is 4.47. The van der Waals surface area contributed by atoms with Gasteiger partial charge in [0.2, 0.25) is 0 Å². The number of carbonyl (C=O) groups is 1. The Bertz CT molecular complexity index is 597. The Balaban J connectivity index is 2.00. The number of nitrogens with zero attached hydrogens (tertiary/aromatic N) is 1. The van der Waals surface area contributed by atoms with Crippen molar-refractivity contribution < 1.29 is 13.9 Å². The van der Waals surface area contributed by atoms with Crippen LogP contribution in [0.15, 0.2) is 48.5 Å². The highest BCUT2D eigenvalue weighted by Crippen LogP contribution is 2.16. The third-order valence-corrected chi connectivity index (χ3v) is 3.00. The van der Waals surface area contributed by atoms with Crippen molar-refractivity contribution in [1.82, 2.24) is 0 Å². The van der Waals surface area contributed by atoms with Gasteiger partial charge in [-0.05, 0) is 55.5 Å². The zero-order valence-corrected chi connectivity index (χ0v) is 11.8. The SMILES string of the molecule is CCN(C(=O)COc1ccc(N)cc1)c1ccc(F)cc1. The van der Waals surface area contributed by atoms with Gasteiger partial charge in [-0.1, -0.05) is 0 Å². The van der Waals surface area contributed by atoms with Crippen LogP contribution in [-0.4, -0.2) is 19.1 Å². The van der Waals surface area contributed by atoms with Crippen LogP contribution in [0.2, 0.25) is 0 Å². The van der Waals surface area contributed by atoms with E-state index in [9.17, 15) is 9.18 Å². The fourth-order valence-corrected chi connectivity index (χ4v) is 1.91. The maximum atomic E-state index is 12.9. The van der Waals surface area contributed by atoms with E-state index in [4.69, 9.17) is 10.5 Å². The lowest BCUT2D eigenvalue weighted by Crippen LogP contribution is -2.34. The number of amides is 1. The van der Waals surface area contributed by atoms with E-state index < -0.39 is 0 Å². The first kappa shape index (κ1) is 14.8. The molecule has 0 aliphatic heterocycles. The molecule has 2 N–H and O–H groups in total. The number of nitrogens with two attached hydrogens (primary N) is 1. The number of nitrogen functional groups attached to an aromatic ring is 1. The van der Waals surface area contributed by atoms with Crippen molar-refractivity contribution in [3.8, 4) is 5.75 Å². The van der Waals surface area contributed by atoms with E-state index in [0.29, 0.717) is 23.7 Å². The number of hydrogen-bond acceptors (Lipinski definition) is 3. The lowest BCUT2D eigenvalue weighted by molar-refractivity contribution is -0.120. The molecule has 0 aliphatic rings. The van der Waals surface area contributed by atoms with E-state index >= 15 is 0 Å². The number of hydrogen-bond donors (Lipinski definition) is 1. The van der Waals surface area contributed by atoms with E-state index in [2.05, 4.69) is 0 Å². The molecular formula is C16H17FN2O2. The van der Waals surface area contributed by atoms with E-state index in [1.54, 1.807) is 36.4 Å². The summed E-state index contributed by atoms with van der Waals surface area (Å²) < 4.78 is 18.3. The fraction of sp³-hybridized carbons (Fsp3) is 0.188. The van der Waals surface area contributed by atoms with Crippen molar-refractivity contribution in [2.24, 2.45) is 0 Å². The van der Waals surface area contributed by atoms with Crippen molar-refractivity contribution in [3.05, 3.63) is 54.3 Å². The monoisotopic (exact) mass is 288 g/mol. The van der Waals surface area contributed by atoms with Gasteiger partial charge in [0, 0.05) is 17.9 Å². The molecule has 0 aromatic heterocycles. The van der Waals surface area contributed by atoms with Gasteiger partial charge in [0.15, 0.2) is 6.61 Å². The second kappa shape index (κ2) is 6.74. The van der Waals surface area contributed by atoms with E-state index in [1.165, 1.54) is 17.0 Å². The van der Waals surface area contributed by atoms with Crippen LogP contribution in [0.3, 0.4) is 0 Å². The largest absolute Gasteiger partial charge is 0.484 e. The van der Waals surface area contributed by atoms with Crippen LogP contribution >= 0.6 is 0 Å². The molecule has 0 bridgehead atoms. The summed E-state index contributed by atoms with van der Waals surface area (Å²) in [6.45, 7) is 2.25. The van der Waals surface area contributed by atoms with Gasteiger partial charge >= 0.3 is 0 Å². The predicted octanol–water partition coefficient (Wildman–Crippen LogP) is 2.84. The van der Waals surface area contributed by atoms with Crippen LogP contribution in [0.1, 0.15) is 6.92 Å². The molecule has 0 unspecified atom stereocenters. The maximum absolute atomic E-state index is 12.9. The van der Waals surface area contributed by atoms with E-state index in [-0.39, 0.29) is 18.3 Å². The molecule has 0 saturated carbocycles. The van der Waals surface area contributed by atoms with Gasteiger partial charge in [-0.2, -0.15) is 0 Å². The second-order valence-electron chi connectivity index (χ2n) is 4.47. The highest BCUT2D eigenvalue weighted by atomic mass is 19.1. The molecule has 2 rings (SSSR count). The minimum absolute atomic E-state index is 0.0882. The van der Waals surface area contributed by atoms with E-state index in [1.807, 2.05) is 6.92 Å². The Kier molecular flexibility index (Phi) is 4.77. The molecule has 0 atom stereocenters. The Labute approximate surface area is 122 Å². The Hall–Kier alpha value is -2.56. The molecule has 110 valence electrons. The fourth-order valence-electron chi connectivity index (χ4n) is 1.91. The third-order valence-electron chi connectivity index (χ3n) is 3.00. The van der Waals surface area contributed by atoms with Gasteiger partial charge in [-0.25, -0.2) is 4.39 Å². The molecule has 0 spiro atoms. The molecule has 21 heavy (non-hydrogen) atoms. The first-order valence-corrected chi connectivity index (χ1v) is 6.64. The standard InChI is InChI=1S/C16H17FN2O2/c1-2-19(14-7-3-12(17)4-8-14)16(20)11-21-15-9-5-13(18)6-10-15/h3-10H,2,11,18H2,1H3. The zero-order chi connectivity index (χ0) is 15.2. The lowest BCUT2D eigenvalue weighted by atomic mass is 10.2. The average Bonchev–Trinajstić information content (AvgIpc) is 2.49. The van der Waals surface area contributed by atoms with Crippen LogP contribution in [0.25, 0.3) is 0 Å². The molecule has 0 heterocycles. The maximum Gasteiger partial charge on any atom is 0.264 e. The highest BCUT2D eigenvalue weighted by molar-refractivity contribution is 5.94. The normalized spacial score (nSPS) is 10.2. The van der Waals surface area contributed by atoms with Gasteiger partial charge in [-0.15, -0.1) is 0 Å². The summed E-state index contributed by atoms with van der Waals surface area (Å²) in [5.41, 5.74) is 6.86. The number of halogens is 1. The quantitative estimate of drug-likeness (QED) is 0.861. The molecule has 0 fully saturated rings. The van der Waals surface area contributed by atoms with Crippen LogP contribution in [-0.2, 0) is 4.79 Å². The summed E-state index contributed by atoms with van der Waals surface area (Å²) in [7, 11) is 0. The minimum atomic E-state index is -0.333. The first-order chi connectivity index (χ1) is 10.1. The average molecular weight is 288 g/mol. The van der Waals surface area contributed by atoms with Crippen LogP contribution < -0.4 is 15.4 Å². The number of carbonyl (C=O) groups excluding carboxylic acids is 1. The molecule has 1 amide bonds. The summed E-state index contributed by atoms with van der Waals surface area (Å²) in [5, 5.41) is 0. The number of benzene rings is 2. The summed E-state index contributed by atoms with van der Waals surface area (Å²) >= 11 is 0. The lowest BCUT2D eigenvalue weighted by Gasteiger charge is -2.21. The molecule has 5 heteroatoms. The molecule has 0 saturated heterocycles. The van der Waals surface area contributed by atoms with Gasteiger partial charge in [-0.3, -0.25) is 4.79 Å². The Morgan fingerprint density at radius 2 is 1.76 bits per heavy atom. The van der Waals surface area contributed by atoms with Gasteiger partial charge in [0.25, 0.3) is 5.91 Å². The molecule has 0 radical (unpaired) electrons.